The minimum atomic E-state index is -0.285. The molecule has 134 valence electrons. The molecule has 0 aliphatic heterocycles. The summed E-state index contributed by atoms with van der Waals surface area (Å²) in [5, 5.41) is 2.80. The van der Waals surface area contributed by atoms with Crippen molar-refractivity contribution in [3.63, 3.8) is 0 Å². The van der Waals surface area contributed by atoms with Gasteiger partial charge in [0, 0.05) is 18.9 Å². The number of pyridine rings is 1. The highest BCUT2D eigenvalue weighted by atomic mass is 79.9. The summed E-state index contributed by atoms with van der Waals surface area (Å²) in [4.78, 5) is 16.0. The molecular formula is C19H17BrN2O4. The number of carbonyl (C=O) groups is 1. The van der Waals surface area contributed by atoms with Crippen LogP contribution in [-0.2, 0) is 13.2 Å². The Morgan fingerprint density at radius 2 is 1.92 bits per heavy atom. The summed E-state index contributed by atoms with van der Waals surface area (Å²) in [6, 6.07) is 12.6. The number of nitrogens with zero attached hydrogens (tertiary/aromatic N) is 1. The summed E-state index contributed by atoms with van der Waals surface area (Å²) in [6.45, 7) is 0.764. The van der Waals surface area contributed by atoms with Gasteiger partial charge in [-0.15, -0.1) is 0 Å². The number of amides is 1. The molecule has 1 aromatic carbocycles. The van der Waals surface area contributed by atoms with Gasteiger partial charge >= 0.3 is 0 Å². The Morgan fingerprint density at radius 1 is 1.12 bits per heavy atom. The summed E-state index contributed by atoms with van der Waals surface area (Å²) in [5.74, 6) is 1.20. The lowest BCUT2D eigenvalue weighted by atomic mass is 10.2. The third-order valence-electron chi connectivity index (χ3n) is 3.62. The van der Waals surface area contributed by atoms with Crippen LogP contribution in [0, 0.1) is 0 Å². The number of carbonyl (C=O) groups excluding carboxylic acids is 1. The molecule has 3 aromatic rings. The summed E-state index contributed by atoms with van der Waals surface area (Å²) in [5.41, 5.74) is 1.90. The molecule has 0 saturated heterocycles. The first-order valence-electron chi connectivity index (χ1n) is 7.88. The Hall–Kier alpha value is -2.80. The first-order chi connectivity index (χ1) is 12.7. The monoisotopic (exact) mass is 416 g/mol. The molecular weight excluding hydrogens is 400 g/mol. The van der Waals surface area contributed by atoms with Crippen molar-refractivity contribution in [2.45, 2.75) is 13.2 Å². The smallest absolute Gasteiger partial charge is 0.287 e. The van der Waals surface area contributed by atoms with Crippen LogP contribution in [0.2, 0.25) is 0 Å². The van der Waals surface area contributed by atoms with Gasteiger partial charge in [-0.25, -0.2) is 0 Å². The van der Waals surface area contributed by atoms with E-state index in [1.807, 2.05) is 30.3 Å². The van der Waals surface area contributed by atoms with Crippen LogP contribution in [0.15, 0.2) is 63.9 Å². The van der Waals surface area contributed by atoms with E-state index in [2.05, 4.69) is 26.2 Å². The number of halogens is 1. The highest BCUT2D eigenvalue weighted by Crippen LogP contribution is 2.29. The lowest BCUT2D eigenvalue weighted by Crippen LogP contribution is -2.22. The number of aromatic nitrogens is 1. The molecule has 6 nitrogen and oxygen atoms in total. The predicted octanol–water partition coefficient (Wildman–Crippen LogP) is 3.95. The maximum absolute atomic E-state index is 12.0. The fraction of sp³-hybridized carbons (Fsp3) is 0.158. The fourth-order valence-electron chi connectivity index (χ4n) is 2.29. The summed E-state index contributed by atoms with van der Waals surface area (Å²) in [6.07, 6.45) is 3.44. The number of nitrogens with one attached hydrogen (secondary N) is 1. The number of ether oxygens (including phenoxy) is 2. The second-order valence-electron chi connectivity index (χ2n) is 5.42. The van der Waals surface area contributed by atoms with Crippen molar-refractivity contribution < 1.29 is 18.7 Å². The van der Waals surface area contributed by atoms with Gasteiger partial charge in [0.1, 0.15) is 6.61 Å². The molecule has 7 heteroatoms. The number of hydrogen-bond acceptors (Lipinski definition) is 5. The second-order valence-corrected chi connectivity index (χ2v) is 6.20. The van der Waals surface area contributed by atoms with Crippen molar-refractivity contribution in [1.29, 1.82) is 0 Å². The molecule has 1 amide bonds. The predicted molar refractivity (Wildman–Crippen MR) is 99.1 cm³/mol. The molecule has 0 aliphatic carbocycles. The lowest BCUT2D eigenvalue weighted by Gasteiger charge is -2.12. The zero-order valence-electron chi connectivity index (χ0n) is 14.1. The zero-order valence-corrected chi connectivity index (χ0v) is 15.7. The number of hydrogen-bond donors (Lipinski definition) is 1. The van der Waals surface area contributed by atoms with E-state index in [-0.39, 0.29) is 11.7 Å². The fourth-order valence-corrected chi connectivity index (χ4v) is 2.59. The molecule has 0 bridgehead atoms. The minimum absolute atomic E-state index is 0.251. The van der Waals surface area contributed by atoms with Crippen LogP contribution in [0.1, 0.15) is 21.7 Å². The molecule has 0 aliphatic rings. The van der Waals surface area contributed by atoms with Crippen LogP contribution < -0.4 is 14.8 Å². The minimum Gasteiger partial charge on any atom is -0.493 e. The van der Waals surface area contributed by atoms with Crippen LogP contribution in [0.4, 0.5) is 0 Å². The average molecular weight is 417 g/mol. The molecule has 0 unspecified atom stereocenters. The van der Waals surface area contributed by atoms with Crippen molar-refractivity contribution in [3.05, 3.63) is 76.4 Å². The second kappa shape index (κ2) is 8.53. The van der Waals surface area contributed by atoms with Gasteiger partial charge < -0.3 is 19.2 Å². The molecule has 0 saturated carbocycles. The Labute approximate surface area is 159 Å². The first-order valence-corrected chi connectivity index (χ1v) is 8.67. The third kappa shape index (κ3) is 4.64. The molecule has 0 fully saturated rings. The van der Waals surface area contributed by atoms with Gasteiger partial charge in [-0.1, -0.05) is 6.07 Å². The Balaban J connectivity index is 1.61. The normalized spacial score (nSPS) is 10.4. The number of furan rings is 1. The Bertz CT molecular complexity index is 880. The van der Waals surface area contributed by atoms with Crippen molar-refractivity contribution in [1.82, 2.24) is 10.3 Å². The van der Waals surface area contributed by atoms with Gasteiger partial charge in [0.25, 0.3) is 5.91 Å². The van der Waals surface area contributed by atoms with Gasteiger partial charge in [-0.3, -0.25) is 9.78 Å². The molecule has 1 N–H and O–H groups in total. The number of rotatable bonds is 7. The van der Waals surface area contributed by atoms with E-state index in [0.29, 0.717) is 29.3 Å². The summed E-state index contributed by atoms with van der Waals surface area (Å²) < 4.78 is 16.9. The van der Waals surface area contributed by atoms with E-state index < -0.39 is 0 Å². The molecule has 0 spiro atoms. The molecule has 26 heavy (non-hydrogen) atoms. The molecule has 2 heterocycles. The highest BCUT2D eigenvalue weighted by Gasteiger charge is 2.11. The van der Waals surface area contributed by atoms with Gasteiger partial charge in [0.15, 0.2) is 21.9 Å². The Kier molecular flexibility index (Phi) is 5.91. The average Bonchev–Trinajstić information content (AvgIpc) is 3.12. The van der Waals surface area contributed by atoms with Crippen LogP contribution in [-0.4, -0.2) is 18.0 Å². The first kappa shape index (κ1) is 18.0. The van der Waals surface area contributed by atoms with Crippen molar-refractivity contribution in [3.8, 4) is 11.5 Å². The van der Waals surface area contributed by atoms with Gasteiger partial charge in [-0.05, 0) is 63.5 Å². The van der Waals surface area contributed by atoms with E-state index in [0.717, 1.165) is 11.1 Å². The van der Waals surface area contributed by atoms with Crippen molar-refractivity contribution >= 4 is 21.8 Å². The van der Waals surface area contributed by atoms with Gasteiger partial charge in [0.05, 0.1) is 7.11 Å². The quantitative estimate of drug-likeness (QED) is 0.630. The number of benzene rings is 1. The van der Waals surface area contributed by atoms with E-state index in [1.54, 1.807) is 31.6 Å². The van der Waals surface area contributed by atoms with E-state index >= 15 is 0 Å². The third-order valence-corrected chi connectivity index (χ3v) is 4.05. The molecule has 0 radical (unpaired) electrons. The van der Waals surface area contributed by atoms with Crippen molar-refractivity contribution in [2.75, 3.05) is 7.11 Å². The zero-order chi connectivity index (χ0) is 18.4. The van der Waals surface area contributed by atoms with Gasteiger partial charge in [0.2, 0.25) is 0 Å². The molecule has 0 atom stereocenters. The van der Waals surface area contributed by atoms with E-state index in [9.17, 15) is 4.79 Å². The number of methoxy groups -OCH3 is 1. The van der Waals surface area contributed by atoms with Gasteiger partial charge in [-0.2, -0.15) is 0 Å². The summed E-state index contributed by atoms with van der Waals surface area (Å²) in [7, 11) is 1.58. The van der Waals surface area contributed by atoms with Crippen LogP contribution >= 0.6 is 15.9 Å². The lowest BCUT2D eigenvalue weighted by molar-refractivity contribution is 0.0922. The van der Waals surface area contributed by atoms with Crippen LogP contribution in [0.5, 0.6) is 11.5 Å². The SMILES string of the molecule is COc1cc(CNC(=O)c2ccc(Br)o2)ccc1OCc1ccncc1. The van der Waals surface area contributed by atoms with E-state index in [1.165, 1.54) is 0 Å². The Morgan fingerprint density at radius 3 is 2.62 bits per heavy atom. The highest BCUT2D eigenvalue weighted by molar-refractivity contribution is 9.10. The molecule has 2 aromatic heterocycles. The maximum Gasteiger partial charge on any atom is 0.287 e. The summed E-state index contributed by atoms with van der Waals surface area (Å²) >= 11 is 3.17. The maximum atomic E-state index is 12.0. The molecule has 3 rings (SSSR count). The largest absolute Gasteiger partial charge is 0.493 e. The van der Waals surface area contributed by atoms with Crippen LogP contribution in [0.25, 0.3) is 0 Å². The van der Waals surface area contributed by atoms with Crippen LogP contribution in [0.3, 0.4) is 0 Å². The van der Waals surface area contributed by atoms with Crippen molar-refractivity contribution in [2.24, 2.45) is 0 Å². The standard InChI is InChI=1S/C19H17BrN2O4/c1-24-17-10-14(11-22-19(23)16-4-5-18(20)26-16)2-3-15(17)25-12-13-6-8-21-9-7-13/h2-10H,11-12H2,1H3,(H,22,23). The topological polar surface area (TPSA) is 73.6 Å². The van der Waals surface area contributed by atoms with E-state index in [4.69, 9.17) is 13.9 Å².